The summed E-state index contributed by atoms with van der Waals surface area (Å²) in [6.45, 7) is 2.16. The van der Waals surface area contributed by atoms with Crippen LogP contribution in [0.4, 0.5) is 0 Å². The van der Waals surface area contributed by atoms with Crippen molar-refractivity contribution < 1.29 is 10.0 Å². The Bertz CT molecular complexity index is 1020. The quantitative estimate of drug-likeness (QED) is 0.496. The topological polar surface area (TPSA) is 77.1 Å². The number of allylic oxidation sites excluding steroid dienone is 1. The molecular formula is C22H21N4O+. The maximum absolute atomic E-state index is 10.6. The molecule has 27 heavy (non-hydrogen) atoms. The third-order valence-corrected chi connectivity index (χ3v) is 4.97. The highest BCUT2D eigenvalue weighted by Crippen LogP contribution is 2.19. The summed E-state index contributed by atoms with van der Waals surface area (Å²) in [5, 5.41) is 20.1. The third kappa shape index (κ3) is 3.62. The molecular weight excluding hydrogens is 336 g/mol. The Morgan fingerprint density at radius 1 is 1.15 bits per heavy atom. The lowest BCUT2D eigenvalue weighted by Crippen LogP contribution is -3.12. The second-order valence-electron chi connectivity index (χ2n) is 6.76. The van der Waals surface area contributed by atoms with Gasteiger partial charge in [-0.3, -0.25) is 0 Å². The molecule has 4 rings (SSSR count). The first-order valence-electron chi connectivity index (χ1n) is 9.10. The highest BCUT2D eigenvalue weighted by Gasteiger charge is 2.20. The van der Waals surface area contributed by atoms with Gasteiger partial charge in [0.05, 0.1) is 24.1 Å². The number of aromatic amines is 1. The van der Waals surface area contributed by atoms with Gasteiger partial charge in [0.15, 0.2) is 11.6 Å². The Morgan fingerprint density at radius 3 is 2.63 bits per heavy atom. The predicted molar refractivity (Wildman–Crippen MR) is 106 cm³/mol. The highest BCUT2D eigenvalue weighted by atomic mass is 16.3. The predicted octanol–water partition coefficient (Wildman–Crippen LogP) is 2.73. The van der Waals surface area contributed by atoms with E-state index in [0.717, 1.165) is 30.5 Å². The molecule has 1 atom stereocenters. The molecule has 0 radical (unpaired) electrons. The molecule has 0 spiro atoms. The molecule has 1 aliphatic rings. The number of fused-ring (bicyclic) bond motifs is 1. The van der Waals surface area contributed by atoms with Gasteiger partial charge in [0.2, 0.25) is 0 Å². The Hall–Kier alpha value is -3.36. The van der Waals surface area contributed by atoms with Crippen LogP contribution in [0.15, 0.2) is 66.4 Å². The Kier molecular flexibility index (Phi) is 4.73. The van der Waals surface area contributed by atoms with Gasteiger partial charge in [-0.2, -0.15) is 5.26 Å². The number of aliphatic hydroxyl groups excluding tert-OH is 1. The lowest BCUT2D eigenvalue weighted by atomic mass is 9.99. The fourth-order valence-electron chi connectivity index (χ4n) is 3.51. The number of aromatic nitrogens is 2. The molecule has 134 valence electrons. The number of nitrogens with one attached hydrogen (secondary N) is 2. The maximum atomic E-state index is 10.6. The number of H-pyrrole nitrogens is 1. The van der Waals surface area contributed by atoms with Gasteiger partial charge in [0.1, 0.15) is 18.2 Å². The summed E-state index contributed by atoms with van der Waals surface area (Å²) < 4.78 is 0. The lowest BCUT2D eigenvalue weighted by Gasteiger charge is -2.23. The molecule has 1 aliphatic heterocycles. The number of rotatable bonds is 4. The van der Waals surface area contributed by atoms with Crippen LogP contribution < -0.4 is 4.90 Å². The van der Waals surface area contributed by atoms with E-state index in [1.807, 2.05) is 30.3 Å². The van der Waals surface area contributed by atoms with Crippen molar-refractivity contribution in [2.45, 2.75) is 6.42 Å². The normalized spacial score (nSPS) is 17.9. The number of aliphatic hydroxyl groups is 1. The van der Waals surface area contributed by atoms with Crippen LogP contribution in [0.2, 0.25) is 0 Å². The van der Waals surface area contributed by atoms with Crippen LogP contribution in [-0.4, -0.2) is 34.7 Å². The molecule has 3 N–H and O–H groups in total. The summed E-state index contributed by atoms with van der Waals surface area (Å²) in [5.41, 5.74) is 4.47. The van der Waals surface area contributed by atoms with E-state index < -0.39 is 0 Å². The molecule has 1 aromatic heterocycles. The average Bonchev–Trinajstić information content (AvgIpc) is 3.13. The number of nitriles is 1. The number of imidazole rings is 1. The SMILES string of the molecule is N#C/C(=C(/O)C[NH+]1CC=C(c2ccccc2)CC1)c1nc2ccccc2[nH]1. The number of quaternary nitrogens is 1. The summed E-state index contributed by atoms with van der Waals surface area (Å²) in [6.07, 6.45) is 3.19. The molecule has 3 aromatic rings. The first-order chi connectivity index (χ1) is 13.2. The monoisotopic (exact) mass is 357 g/mol. The van der Waals surface area contributed by atoms with Gasteiger partial charge < -0.3 is 15.0 Å². The summed E-state index contributed by atoms with van der Waals surface area (Å²) in [7, 11) is 0. The zero-order chi connectivity index (χ0) is 18.6. The Labute approximate surface area is 157 Å². The third-order valence-electron chi connectivity index (χ3n) is 4.97. The molecule has 5 heteroatoms. The number of para-hydroxylation sites is 2. The van der Waals surface area contributed by atoms with Crippen molar-refractivity contribution in [1.82, 2.24) is 9.97 Å². The molecule has 0 aliphatic carbocycles. The zero-order valence-corrected chi connectivity index (χ0v) is 14.9. The van der Waals surface area contributed by atoms with Gasteiger partial charge in [-0.25, -0.2) is 4.98 Å². The smallest absolute Gasteiger partial charge is 0.169 e. The molecule has 2 heterocycles. The van der Waals surface area contributed by atoms with Gasteiger partial charge in [-0.05, 0) is 29.3 Å². The lowest BCUT2D eigenvalue weighted by molar-refractivity contribution is -0.891. The second-order valence-corrected chi connectivity index (χ2v) is 6.76. The van der Waals surface area contributed by atoms with Crippen molar-refractivity contribution in [3.05, 3.63) is 77.8 Å². The summed E-state index contributed by atoms with van der Waals surface area (Å²) in [4.78, 5) is 8.79. The molecule has 0 saturated carbocycles. The van der Waals surface area contributed by atoms with Gasteiger partial charge in [0.25, 0.3) is 0 Å². The Morgan fingerprint density at radius 2 is 1.93 bits per heavy atom. The van der Waals surface area contributed by atoms with Crippen molar-refractivity contribution in [3.63, 3.8) is 0 Å². The molecule has 0 amide bonds. The minimum Gasteiger partial charge on any atom is -0.506 e. The minimum absolute atomic E-state index is 0.0862. The fraction of sp³-hybridized carbons (Fsp3) is 0.182. The molecule has 5 nitrogen and oxygen atoms in total. The Balaban J connectivity index is 1.51. The van der Waals surface area contributed by atoms with E-state index >= 15 is 0 Å². The van der Waals surface area contributed by atoms with Crippen molar-refractivity contribution in [1.29, 1.82) is 5.26 Å². The van der Waals surface area contributed by atoms with Crippen LogP contribution in [0.1, 0.15) is 17.8 Å². The van der Waals surface area contributed by atoms with Crippen LogP contribution in [0.5, 0.6) is 0 Å². The molecule has 1 unspecified atom stereocenters. The van der Waals surface area contributed by atoms with Gasteiger partial charge >= 0.3 is 0 Å². The summed E-state index contributed by atoms with van der Waals surface area (Å²) >= 11 is 0. The fourth-order valence-corrected chi connectivity index (χ4v) is 3.51. The number of nitrogens with zero attached hydrogens (tertiary/aromatic N) is 2. The van der Waals surface area contributed by atoms with E-state index in [0.29, 0.717) is 12.4 Å². The van der Waals surface area contributed by atoms with Gasteiger partial charge in [-0.15, -0.1) is 0 Å². The van der Waals surface area contributed by atoms with E-state index in [-0.39, 0.29) is 11.3 Å². The zero-order valence-electron chi connectivity index (χ0n) is 14.9. The van der Waals surface area contributed by atoms with Crippen molar-refractivity contribution >= 4 is 22.2 Å². The minimum atomic E-state index is 0.0862. The largest absolute Gasteiger partial charge is 0.506 e. The number of benzene rings is 2. The van der Waals surface area contributed by atoms with Crippen LogP contribution in [0, 0.1) is 11.3 Å². The van der Waals surface area contributed by atoms with Crippen LogP contribution in [-0.2, 0) is 0 Å². The van der Waals surface area contributed by atoms with E-state index in [1.165, 1.54) is 16.0 Å². The molecule has 2 aromatic carbocycles. The van der Waals surface area contributed by atoms with E-state index in [1.54, 1.807) is 0 Å². The molecule has 0 fully saturated rings. The number of hydrogen-bond donors (Lipinski definition) is 3. The second kappa shape index (κ2) is 7.48. The van der Waals surface area contributed by atoms with E-state index in [9.17, 15) is 10.4 Å². The average molecular weight is 357 g/mol. The maximum Gasteiger partial charge on any atom is 0.169 e. The number of hydrogen-bond acceptors (Lipinski definition) is 3. The van der Waals surface area contributed by atoms with Crippen LogP contribution in [0.3, 0.4) is 0 Å². The van der Waals surface area contributed by atoms with Crippen molar-refractivity contribution in [2.24, 2.45) is 0 Å². The van der Waals surface area contributed by atoms with Gasteiger partial charge in [-0.1, -0.05) is 42.5 Å². The van der Waals surface area contributed by atoms with Crippen LogP contribution in [0.25, 0.3) is 22.2 Å². The molecule has 0 saturated heterocycles. The van der Waals surface area contributed by atoms with Crippen molar-refractivity contribution in [2.75, 3.05) is 19.6 Å². The van der Waals surface area contributed by atoms with E-state index in [2.05, 4.69) is 46.4 Å². The molecule has 0 bridgehead atoms. The summed E-state index contributed by atoms with van der Waals surface area (Å²) in [6, 6.07) is 20.1. The summed E-state index contributed by atoms with van der Waals surface area (Å²) in [5.74, 6) is 0.510. The van der Waals surface area contributed by atoms with Gasteiger partial charge in [0, 0.05) is 6.42 Å². The van der Waals surface area contributed by atoms with E-state index in [4.69, 9.17) is 0 Å². The van der Waals surface area contributed by atoms with Crippen LogP contribution >= 0.6 is 0 Å². The first-order valence-corrected chi connectivity index (χ1v) is 9.10. The standard InChI is InChI=1S/C22H20N4O/c23-14-18(22-24-19-8-4-5-9-20(19)25-22)21(27)15-26-12-10-17(11-13-26)16-6-2-1-3-7-16/h1-10,27H,11-13,15H2,(H,24,25)/p+1/b21-18-. The highest BCUT2D eigenvalue weighted by molar-refractivity contribution is 5.82. The first kappa shape index (κ1) is 17.1. The van der Waals surface area contributed by atoms with Crippen molar-refractivity contribution in [3.8, 4) is 6.07 Å².